The third kappa shape index (κ3) is 3.79. The van der Waals surface area contributed by atoms with E-state index < -0.39 is 0 Å². The number of nitrogens with zero attached hydrogens (tertiary/aromatic N) is 1. The lowest BCUT2D eigenvalue weighted by atomic mass is 10.6. The maximum atomic E-state index is 4.92. The van der Waals surface area contributed by atoms with Crippen molar-refractivity contribution in [3.8, 4) is 0 Å². The van der Waals surface area contributed by atoms with Gasteiger partial charge >= 0.3 is 0 Å². The Bertz CT molecular complexity index is 124. The summed E-state index contributed by atoms with van der Waals surface area (Å²) in [6.07, 6.45) is 8.61. The van der Waals surface area contributed by atoms with E-state index in [9.17, 15) is 0 Å². The minimum atomic E-state index is 0. The Morgan fingerprint density at radius 2 is 2.33 bits per heavy atom. The van der Waals surface area contributed by atoms with Gasteiger partial charge in [0.15, 0.2) is 0 Å². The number of hydrogen-bond acceptors (Lipinski definition) is 2. The molecule has 0 atom stereocenters. The summed E-state index contributed by atoms with van der Waals surface area (Å²) >= 11 is 0. The normalized spacial score (nSPS) is 15.1. The van der Waals surface area contributed by atoms with E-state index >= 15 is 0 Å². The molecule has 0 saturated heterocycles. The second kappa shape index (κ2) is 5.38. The summed E-state index contributed by atoms with van der Waals surface area (Å²) in [6.45, 7) is 0.619. The number of ether oxygens (including phenoxy) is 1. The van der Waals surface area contributed by atoms with Gasteiger partial charge in [-0.25, -0.2) is 0 Å². The minimum absolute atomic E-state index is 0. The molecular weight excluding hydrogens is 138 g/mol. The van der Waals surface area contributed by atoms with Crippen LogP contribution in [0.15, 0.2) is 29.6 Å². The van der Waals surface area contributed by atoms with Crippen molar-refractivity contribution in [2.75, 3.05) is 6.61 Å². The Morgan fingerprint density at radius 3 is 3.22 bits per heavy atom. The van der Waals surface area contributed by atoms with Crippen molar-refractivity contribution in [3.05, 3.63) is 24.6 Å². The largest absolute Gasteiger partial charge is 0.497 e. The molecule has 3 heteroatoms. The molecule has 0 radical (unpaired) electrons. The first-order valence-corrected chi connectivity index (χ1v) is 2.45. The first-order chi connectivity index (χ1) is 4.00. The molecule has 0 amide bonds. The van der Waals surface area contributed by atoms with E-state index in [1.54, 1.807) is 24.8 Å². The third-order valence-electron chi connectivity index (χ3n) is 0.731. The standard InChI is InChI=1S/C6H7NO.ClH/c1-3-7-4-2-6-8-5-1;/h1-5H,6H2;1H. The van der Waals surface area contributed by atoms with Gasteiger partial charge in [0, 0.05) is 12.4 Å². The molecule has 0 aliphatic carbocycles. The highest BCUT2D eigenvalue weighted by Crippen LogP contribution is 1.83. The smallest absolute Gasteiger partial charge is 0.107 e. The van der Waals surface area contributed by atoms with Gasteiger partial charge in [-0.05, 0) is 12.2 Å². The Kier molecular flexibility index (Phi) is 4.92. The molecule has 1 rings (SSSR count). The Balaban J connectivity index is 0.000000640. The van der Waals surface area contributed by atoms with E-state index in [0.29, 0.717) is 6.61 Å². The van der Waals surface area contributed by atoms with Crippen LogP contribution in [-0.2, 0) is 4.74 Å². The van der Waals surface area contributed by atoms with Crippen LogP contribution < -0.4 is 0 Å². The monoisotopic (exact) mass is 145 g/mol. The number of rotatable bonds is 0. The van der Waals surface area contributed by atoms with Gasteiger partial charge in [0.1, 0.15) is 6.61 Å². The van der Waals surface area contributed by atoms with Gasteiger partial charge in [-0.15, -0.1) is 12.4 Å². The van der Waals surface area contributed by atoms with Crippen molar-refractivity contribution in [1.29, 1.82) is 0 Å². The molecule has 1 heterocycles. The summed E-state index contributed by atoms with van der Waals surface area (Å²) in [7, 11) is 0. The topological polar surface area (TPSA) is 21.6 Å². The highest BCUT2D eigenvalue weighted by Gasteiger charge is 1.74. The zero-order chi connectivity index (χ0) is 5.66. The number of hydrogen-bond donors (Lipinski definition) is 0. The predicted molar refractivity (Wildman–Crippen MR) is 40.0 cm³/mol. The summed E-state index contributed by atoms with van der Waals surface area (Å²) in [5, 5.41) is 0. The van der Waals surface area contributed by atoms with E-state index in [0.717, 1.165) is 0 Å². The molecule has 50 valence electrons. The van der Waals surface area contributed by atoms with E-state index in [-0.39, 0.29) is 12.4 Å². The Morgan fingerprint density at radius 1 is 1.44 bits per heavy atom. The molecule has 0 N–H and O–H groups in total. The van der Waals surface area contributed by atoms with Crippen LogP contribution in [0.4, 0.5) is 0 Å². The number of aliphatic imine (C=N–C) groups is 1. The SMILES string of the molecule is C1=COCC=CN=C1.Cl. The molecule has 1 aliphatic heterocycles. The highest BCUT2D eigenvalue weighted by atomic mass is 35.5. The van der Waals surface area contributed by atoms with Crippen molar-refractivity contribution in [1.82, 2.24) is 0 Å². The molecule has 0 spiro atoms. The van der Waals surface area contributed by atoms with Crippen LogP contribution in [0, 0.1) is 0 Å². The second-order valence-corrected chi connectivity index (χ2v) is 1.34. The van der Waals surface area contributed by atoms with Crippen LogP contribution in [-0.4, -0.2) is 12.8 Å². The van der Waals surface area contributed by atoms with Gasteiger partial charge in [-0.2, -0.15) is 0 Å². The lowest BCUT2D eigenvalue weighted by molar-refractivity contribution is 0.290. The van der Waals surface area contributed by atoms with Crippen LogP contribution in [0.2, 0.25) is 0 Å². The maximum absolute atomic E-state index is 4.92. The molecule has 1 aliphatic rings. The van der Waals surface area contributed by atoms with Gasteiger partial charge in [0.2, 0.25) is 0 Å². The molecular formula is C6H8ClNO. The highest BCUT2D eigenvalue weighted by molar-refractivity contribution is 5.85. The van der Waals surface area contributed by atoms with E-state index in [4.69, 9.17) is 4.74 Å². The summed E-state index contributed by atoms with van der Waals surface area (Å²) in [4.78, 5) is 3.86. The molecule has 9 heavy (non-hydrogen) atoms. The third-order valence-corrected chi connectivity index (χ3v) is 0.731. The van der Waals surface area contributed by atoms with Gasteiger partial charge < -0.3 is 4.74 Å². The molecule has 0 bridgehead atoms. The second-order valence-electron chi connectivity index (χ2n) is 1.34. The van der Waals surface area contributed by atoms with Crippen molar-refractivity contribution in [2.24, 2.45) is 4.99 Å². The number of allylic oxidation sites excluding steroid dienone is 1. The fourth-order valence-electron chi connectivity index (χ4n) is 0.405. The lowest BCUT2D eigenvalue weighted by Crippen LogP contribution is -1.82. The van der Waals surface area contributed by atoms with E-state index in [2.05, 4.69) is 4.99 Å². The predicted octanol–water partition coefficient (Wildman–Crippen LogP) is 1.54. The number of halogens is 1. The Labute approximate surface area is 60.3 Å². The van der Waals surface area contributed by atoms with Crippen molar-refractivity contribution in [2.45, 2.75) is 0 Å². The first-order valence-electron chi connectivity index (χ1n) is 2.45. The van der Waals surface area contributed by atoms with Crippen molar-refractivity contribution in [3.63, 3.8) is 0 Å². The molecule has 0 aromatic heterocycles. The molecule has 0 unspecified atom stereocenters. The van der Waals surface area contributed by atoms with Crippen LogP contribution >= 0.6 is 12.4 Å². The van der Waals surface area contributed by atoms with Gasteiger partial charge in [0.25, 0.3) is 0 Å². The summed E-state index contributed by atoms with van der Waals surface area (Å²) in [5.74, 6) is 0. The quantitative estimate of drug-likeness (QED) is 0.507. The zero-order valence-electron chi connectivity index (χ0n) is 4.86. The summed E-state index contributed by atoms with van der Waals surface area (Å²) < 4.78 is 4.92. The first kappa shape index (κ1) is 8.24. The van der Waals surface area contributed by atoms with Crippen LogP contribution in [0.25, 0.3) is 0 Å². The fourth-order valence-corrected chi connectivity index (χ4v) is 0.405. The van der Waals surface area contributed by atoms with Crippen LogP contribution in [0.3, 0.4) is 0 Å². The van der Waals surface area contributed by atoms with Gasteiger partial charge in [0.05, 0.1) is 6.26 Å². The van der Waals surface area contributed by atoms with Gasteiger partial charge in [-0.3, -0.25) is 4.99 Å². The van der Waals surface area contributed by atoms with Gasteiger partial charge in [-0.1, -0.05) is 0 Å². The fraction of sp³-hybridized carbons (Fsp3) is 0.167. The zero-order valence-corrected chi connectivity index (χ0v) is 5.67. The van der Waals surface area contributed by atoms with Crippen LogP contribution in [0.5, 0.6) is 0 Å². The van der Waals surface area contributed by atoms with E-state index in [1.807, 2.05) is 6.08 Å². The molecule has 2 nitrogen and oxygen atoms in total. The Hall–Kier alpha value is -0.760. The lowest BCUT2D eigenvalue weighted by Gasteiger charge is -1.92. The summed E-state index contributed by atoms with van der Waals surface area (Å²) in [5.41, 5.74) is 0. The molecule has 0 fully saturated rings. The molecule has 0 saturated carbocycles. The van der Waals surface area contributed by atoms with Crippen molar-refractivity contribution < 1.29 is 4.74 Å². The van der Waals surface area contributed by atoms with E-state index in [1.165, 1.54) is 0 Å². The van der Waals surface area contributed by atoms with Crippen molar-refractivity contribution >= 4 is 18.6 Å². The summed E-state index contributed by atoms with van der Waals surface area (Å²) in [6, 6.07) is 0. The molecule has 0 aromatic carbocycles. The average molecular weight is 146 g/mol. The minimum Gasteiger partial charge on any atom is -0.497 e. The maximum Gasteiger partial charge on any atom is 0.107 e. The van der Waals surface area contributed by atoms with Crippen LogP contribution in [0.1, 0.15) is 0 Å². The average Bonchev–Trinajstić information content (AvgIpc) is 1.62. The molecule has 0 aromatic rings.